The molecule has 1 fully saturated rings. The molecule has 1 rings (SSSR count). The summed E-state index contributed by atoms with van der Waals surface area (Å²) >= 11 is 0. The van der Waals surface area contributed by atoms with E-state index < -0.39 is 5.97 Å². The fourth-order valence-corrected chi connectivity index (χ4v) is 0.706. The predicted molar refractivity (Wildman–Crippen MR) is 45.0 cm³/mol. The van der Waals surface area contributed by atoms with Gasteiger partial charge in [0.15, 0.2) is 0 Å². The third-order valence-electron chi connectivity index (χ3n) is 1.46. The molecule has 4 nitrogen and oxygen atoms in total. The number of hydrogen-bond acceptors (Lipinski definition) is 3. The molecule has 0 aromatic carbocycles. The normalized spacial score (nSPS) is 16.2. The van der Waals surface area contributed by atoms with Gasteiger partial charge in [-0.1, -0.05) is 6.92 Å². The second kappa shape index (κ2) is 6.79. The van der Waals surface area contributed by atoms with Gasteiger partial charge in [0, 0.05) is 32.4 Å². The Balaban J connectivity index is 0.000000217. The van der Waals surface area contributed by atoms with Crippen molar-refractivity contribution in [3.8, 4) is 0 Å². The maximum absolute atomic E-state index is 10.4. The molecule has 0 spiro atoms. The van der Waals surface area contributed by atoms with Crippen molar-refractivity contribution >= 4 is 11.8 Å². The first kappa shape index (κ1) is 11.1. The Hall–Kier alpha value is -0.900. The summed E-state index contributed by atoms with van der Waals surface area (Å²) in [7, 11) is 0. The van der Waals surface area contributed by atoms with Crippen molar-refractivity contribution in [1.82, 2.24) is 5.32 Å². The molecule has 4 heteroatoms. The van der Waals surface area contributed by atoms with Crippen LogP contribution in [-0.4, -0.2) is 29.9 Å². The number of hydrogen-bond donors (Lipinski definition) is 2. The maximum atomic E-state index is 10.4. The fraction of sp³-hybridized carbons (Fsp3) is 0.750. The largest absolute Gasteiger partial charge is 0.481 e. The number of nitrogens with one attached hydrogen (secondary N) is 1. The quantitative estimate of drug-likeness (QED) is 0.603. The van der Waals surface area contributed by atoms with Gasteiger partial charge in [-0.05, 0) is 0 Å². The van der Waals surface area contributed by atoms with E-state index in [-0.39, 0.29) is 6.42 Å². The molecule has 1 aliphatic rings. The van der Waals surface area contributed by atoms with Crippen LogP contribution in [-0.2, 0) is 9.59 Å². The van der Waals surface area contributed by atoms with E-state index in [9.17, 15) is 9.59 Å². The number of carboxylic acid groups (broad SMARTS) is 1. The lowest BCUT2D eigenvalue weighted by Gasteiger charge is -2.08. The monoisotopic (exact) mass is 173 g/mol. The van der Waals surface area contributed by atoms with Gasteiger partial charge in [-0.15, -0.1) is 0 Å². The van der Waals surface area contributed by atoms with Gasteiger partial charge in [0.25, 0.3) is 0 Å². The lowest BCUT2D eigenvalue weighted by molar-refractivity contribution is -0.136. The molecule has 0 aromatic heterocycles. The lowest BCUT2D eigenvalue weighted by atomic mass is 10.1. The van der Waals surface area contributed by atoms with Crippen molar-refractivity contribution in [1.29, 1.82) is 0 Å². The number of aliphatic carboxylic acids is 1. The number of carbonyl (C=O) groups is 2. The topological polar surface area (TPSA) is 66.4 Å². The third-order valence-corrected chi connectivity index (χ3v) is 1.46. The SMILES string of the molecule is CCC(=O)O.O=C1CCNCC1. The zero-order chi connectivity index (χ0) is 9.40. The lowest BCUT2D eigenvalue weighted by Crippen LogP contribution is -2.27. The van der Waals surface area contributed by atoms with Crippen LogP contribution in [0.5, 0.6) is 0 Å². The zero-order valence-corrected chi connectivity index (χ0v) is 7.30. The zero-order valence-electron chi connectivity index (χ0n) is 7.30. The average molecular weight is 173 g/mol. The van der Waals surface area contributed by atoms with Crippen molar-refractivity contribution in [2.24, 2.45) is 0 Å². The summed E-state index contributed by atoms with van der Waals surface area (Å²) < 4.78 is 0. The summed E-state index contributed by atoms with van der Waals surface area (Å²) in [5.41, 5.74) is 0. The highest BCUT2D eigenvalue weighted by atomic mass is 16.4. The average Bonchev–Trinajstić information content (AvgIpc) is 2.07. The Kier molecular flexibility index (Phi) is 6.28. The molecule has 0 bridgehead atoms. The maximum Gasteiger partial charge on any atom is 0.303 e. The van der Waals surface area contributed by atoms with E-state index in [1.807, 2.05) is 0 Å². The molecule has 1 heterocycles. The van der Waals surface area contributed by atoms with Crippen LogP contribution in [0.4, 0.5) is 0 Å². The molecular formula is C8H15NO3. The van der Waals surface area contributed by atoms with Crippen LogP contribution in [0.2, 0.25) is 0 Å². The van der Waals surface area contributed by atoms with Crippen LogP contribution in [0, 0.1) is 0 Å². The minimum absolute atomic E-state index is 0.222. The summed E-state index contributed by atoms with van der Waals surface area (Å²) in [4.78, 5) is 19.8. The van der Waals surface area contributed by atoms with Crippen molar-refractivity contribution in [3.05, 3.63) is 0 Å². The van der Waals surface area contributed by atoms with Crippen LogP contribution in [0.15, 0.2) is 0 Å². The predicted octanol–water partition coefficient (Wildman–Crippen LogP) is 0.420. The first-order valence-corrected chi connectivity index (χ1v) is 4.11. The highest BCUT2D eigenvalue weighted by molar-refractivity contribution is 5.79. The molecule has 2 N–H and O–H groups in total. The molecule has 0 atom stereocenters. The van der Waals surface area contributed by atoms with Crippen molar-refractivity contribution in [3.63, 3.8) is 0 Å². The van der Waals surface area contributed by atoms with Gasteiger partial charge in [-0.2, -0.15) is 0 Å². The highest BCUT2D eigenvalue weighted by Gasteiger charge is 2.04. The molecule has 1 saturated heterocycles. The van der Waals surface area contributed by atoms with Crippen molar-refractivity contribution in [2.45, 2.75) is 26.2 Å². The molecule has 0 amide bonds. The van der Waals surface area contributed by atoms with E-state index in [1.165, 1.54) is 0 Å². The van der Waals surface area contributed by atoms with Crippen LogP contribution >= 0.6 is 0 Å². The van der Waals surface area contributed by atoms with Crippen LogP contribution in [0.25, 0.3) is 0 Å². The molecule has 0 radical (unpaired) electrons. The highest BCUT2D eigenvalue weighted by Crippen LogP contribution is 1.91. The molecule has 0 unspecified atom stereocenters. The Morgan fingerprint density at radius 1 is 1.50 bits per heavy atom. The van der Waals surface area contributed by atoms with Gasteiger partial charge in [0.2, 0.25) is 0 Å². The van der Waals surface area contributed by atoms with E-state index in [1.54, 1.807) is 6.92 Å². The van der Waals surface area contributed by atoms with Crippen LogP contribution in [0.3, 0.4) is 0 Å². The third kappa shape index (κ3) is 7.21. The minimum Gasteiger partial charge on any atom is -0.481 e. The molecule has 0 aromatic rings. The molecule has 0 saturated carbocycles. The van der Waals surface area contributed by atoms with E-state index in [0.717, 1.165) is 25.9 Å². The fourth-order valence-electron chi connectivity index (χ4n) is 0.706. The summed E-state index contributed by atoms with van der Waals surface area (Å²) in [6.45, 7) is 3.37. The van der Waals surface area contributed by atoms with E-state index in [4.69, 9.17) is 5.11 Å². The second-order valence-electron chi connectivity index (χ2n) is 2.54. The number of carbonyl (C=O) groups excluding carboxylic acids is 1. The first-order chi connectivity index (χ1) is 5.66. The van der Waals surface area contributed by atoms with Gasteiger partial charge >= 0.3 is 5.97 Å². The number of Topliss-reactive ketones (excluding diaryl/α,β-unsaturated/α-hetero) is 1. The van der Waals surface area contributed by atoms with Gasteiger partial charge < -0.3 is 10.4 Å². The summed E-state index contributed by atoms with van der Waals surface area (Å²) in [5.74, 6) is -0.344. The molecular weight excluding hydrogens is 158 g/mol. The van der Waals surface area contributed by atoms with Crippen LogP contribution in [0.1, 0.15) is 26.2 Å². The Morgan fingerprint density at radius 3 is 2.08 bits per heavy atom. The molecule has 70 valence electrons. The second-order valence-corrected chi connectivity index (χ2v) is 2.54. The van der Waals surface area contributed by atoms with Gasteiger partial charge in [-0.3, -0.25) is 9.59 Å². The van der Waals surface area contributed by atoms with E-state index in [0.29, 0.717) is 5.78 Å². The first-order valence-electron chi connectivity index (χ1n) is 4.11. The number of rotatable bonds is 1. The summed E-state index contributed by atoms with van der Waals surface area (Å²) in [5, 5.41) is 10.8. The molecule has 0 aliphatic carbocycles. The van der Waals surface area contributed by atoms with E-state index in [2.05, 4.69) is 5.32 Å². The van der Waals surface area contributed by atoms with Crippen LogP contribution < -0.4 is 5.32 Å². The number of carboxylic acids is 1. The van der Waals surface area contributed by atoms with Gasteiger partial charge in [0.1, 0.15) is 5.78 Å². The van der Waals surface area contributed by atoms with Gasteiger partial charge in [0.05, 0.1) is 0 Å². The summed E-state index contributed by atoms with van der Waals surface area (Å²) in [6.07, 6.45) is 1.69. The number of ketones is 1. The minimum atomic E-state index is -0.745. The molecule has 1 aliphatic heterocycles. The van der Waals surface area contributed by atoms with Gasteiger partial charge in [-0.25, -0.2) is 0 Å². The molecule has 12 heavy (non-hydrogen) atoms. The van der Waals surface area contributed by atoms with Crippen molar-refractivity contribution in [2.75, 3.05) is 13.1 Å². The van der Waals surface area contributed by atoms with Crippen molar-refractivity contribution < 1.29 is 14.7 Å². The number of piperidine rings is 1. The Bertz CT molecular complexity index is 148. The Labute approximate surface area is 72.0 Å². The standard InChI is InChI=1S/C5H9NO.C3H6O2/c7-5-1-3-6-4-2-5;1-2-3(4)5/h6H,1-4H2;2H2,1H3,(H,4,5). The summed E-state index contributed by atoms with van der Waals surface area (Å²) in [6, 6.07) is 0. The smallest absolute Gasteiger partial charge is 0.303 e. The Morgan fingerprint density at radius 2 is 1.92 bits per heavy atom. The van der Waals surface area contributed by atoms with E-state index >= 15 is 0 Å².